The predicted molar refractivity (Wildman–Crippen MR) is 105 cm³/mol. The van der Waals surface area contributed by atoms with Crippen molar-refractivity contribution in [1.82, 2.24) is 10.3 Å². The van der Waals surface area contributed by atoms with Gasteiger partial charge >= 0.3 is 0 Å². The molecule has 0 fully saturated rings. The number of carbonyl (C=O) groups excluding carboxylic acids is 1. The normalized spacial score (nSPS) is 11.6. The Morgan fingerprint density at radius 2 is 2.00 bits per heavy atom. The van der Waals surface area contributed by atoms with E-state index in [1.807, 2.05) is 42.5 Å². The summed E-state index contributed by atoms with van der Waals surface area (Å²) >= 11 is 1.45. The Labute approximate surface area is 160 Å². The number of ether oxygens (including phenoxy) is 1. The largest absolute Gasteiger partial charge is 0.447 e. The van der Waals surface area contributed by atoms with Crippen molar-refractivity contribution in [2.24, 2.45) is 5.18 Å². The number of aromatic nitrogens is 1. The van der Waals surface area contributed by atoms with E-state index >= 15 is 0 Å². The minimum atomic E-state index is -0.612. The van der Waals surface area contributed by atoms with Crippen LogP contribution < -0.4 is 15.8 Å². The molecule has 0 radical (unpaired) electrons. The van der Waals surface area contributed by atoms with Crippen molar-refractivity contribution < 1.29 is 9.53 Å². The van der Waals surface area contributed by atoms with Crippen molar-refractivity contribution >= 4 is 23.1 Å². The molecule has 1 amide bonds. The van der Waals surface area contributed by atoms with Crippen molar-refractivity contribution in [3.8, 4) is 10.8 Å². The second kappa shape index (κ2) is 8.41. The Morgan fingerprint density at radius 3 is 2.70 bits per heavy atom. The second-order valence-corrected chi connectivity index (χ2v) is 6.90. The summed E-state index contributed by atoms with van der Waals surface area (Å²) in [5.74, 6) is 0.491. The van der Waals surface area contributed by atoms with Gasteiger partial charge in [0.05, 0.1) is 17.8 Å². The van der Waals surface area contributed by atoms with Crippen molar-refractivity contribution in [3.05, 3.63) is 75.6 Å². The van der Waals surface area contributed by atoms with Crippen LogP contribution in [0.3, 0.4) is 0 Å². The first kappa shape index (κ1) is 18.5. The lowest BCUT2D eigenvalue weighted by molar-refractivity contribution is 0.0952. The molecule has 2 heterocycles. The van der Waals surface area contributed by atoms with Gasteiger partial charge in [0.25, 0.3) is 5.91 Å². The molecule has 0 aliphatic heterocycles. The van der Waals surface area contributed by atoms with E-state index in [1.54, 1.807) is 19.1 Å². The zero-order valence-electron chi connectivity index (χ0n) is 14.6. The van der Waals surface area contributed by atoms with Crippen LogP contribution in [0.5, 0.6) is 10.8 Å². The van der Waals surface area contributed by atoms with Gasteiger partial charge in [0, 0.05) is 4.88 Å². The third kappa shape index (κ3) is 4.68. The summed E-state index contributed by atoms with van der Waals surface area (Å²) in [6.07, 6.45) is 0. The highest BCUT2D eigenvalue weighted by Crippen LogP contribution is 2.29. The SMILES string of the molecule is CC(N=O)c1ccc(C(=O)NCc2ccc(Oc3ccccc3)s2)c(N)n1. The van der Waals surface area contributed by atoms with Gasteiger partial charge in [0.2, 0.25) is 0 Å². The van der Waals surface area contributed by atoms with Gasteiger partial charge in [-0.05, 0) is 43.3 Å². The smallest absolute Gasteiger partial charge is 0.255 e. The van der Waals surface area contributed by atoms with Crippen LogP contribution in [0.4, 0.5) is 5.82 Å². The van der Waals surface area contributed by atoms with E-state index in [0.717, 1.165) is 15.7 Å². The van der Waals surface area contributed by atoms with Gasteiger partial charge in [-0.2, -0.15) is 4.91 Å². The van der Waals surface area contributed by atoms with Crippen LogP contribution in [-0.2, 0) is 6.54 Å². The lowest BCUT2D eigenvalue weighted by Gasteiger charge is -2.08. The highest BCUT2D eigenvalue weighted by atomic mass is 32.1. The Bertz CT molecular complexity index is 943. The summed E-state index contributed by atoms with van der Waals surface area (Å²) in [4.78, 5) is 28.0. The molecule has 8 heteroatoms. The van der Waals surface area contributed by atoms with E-state index in [-0.39, 0.29) is 17.3 Å². The molecular formula is C19H18N4O3S. The Kier molecular flexibility index (Phi) is 5.77. The van der Waals surface area contributed by atoms with Crippen LogP contribution in [0.15, 0.2) is 59.8 Å². The molecule has 0 spiro atoms. The van der Waals surface area contributed by atoms with E-state index in [2.05, 4.69) is 15.5 Å². The number of nitrogens with zero attached hydrogens (tertiary/aromatic N) is 2. The Morgan fingerprint density at radius 1 is 1.22 bits per heavy atom. The number of nitrogens with two attached hydrogens (primary N) is 1. The highest BCUT2D eigenvalue weighted by molar-refractivity contribution is 7.13. The zero-order chi connectivity index (χ0) is 19.2. The number of nitrogens with one attached hydrogen (secondary N) is 1. The third-order valence-corrected chi connectivity index (χ3v) is 4.76. The quantitative estimate of drug-likeness (QED) is 0.593. The fourth-order valence-corrected chi connectivity index (χ4v) is 3.16. The van der Waals surface area contributed by atoms with Gasteiger partial charge in [-0.15, -0.1) is 11.3 Å². The predicted octanol–water partition coefficient (Wildman–Crippen LogP) is 4.28. The second-order valence-electron chi connectivity index (χ2n) is 5.77. The van der Waals surface area contributed by atoms with E-state index in [9.17, 15) is 9.70 Å². The minimum absolute atomic E-state index is 0.0692. The number of hydrogen-bond donors (Lipinski definition) is 2. The topological polar surface area (TPSA) is 107 Å². The third-order valence-electron chi connectivity index (χ3n) is 3.80. The Hall–Kier alpha value is -3.26. The van der Waals surface area contributed by atoms with Crippen molar-refractivity contribution in [2.45, 2.75) is 19.5 Å². The van der Waals surface area contributed by atoms with Gasteiger partial charge < -0.3 is 15.8 Å². The Balaban J connectivity index is 1.60. The number of benzene rings is 1. The molecule has 1 aromatic carbocycles. The first-order valence-corrected chi connectivity index (χ1v) is 9.07. The molecule has 3 rings (SSSR count). The maximum absolute atomic E-state index is 12.3. The van der Waals surface area contributed by atoms with Gasteiger partial charge in [0.15, 0.2) is 5.06 Å². The number of para-hydroxylation sites is 1. The lowest BCUT2D eigenvalue weighted by Crippen LogP contribution is -2.24. The molecule has 138 valence electrons. The number of hydrogen-bond acceptors (Lipinski definition) is 7. The number of amides is 1. The van der Waals surface area contributed by atoms with Crippen LogP contribution in [0.25, 0.3) is 0 Å². The monoisotopic (exact) mass is 382 g/mol. The maximum atomic E-state index is 12.3. The minimum Gasteiger partial charge on any atom is -0.447 e. The summed E-state index contributed by atoms with van der Waals surface area (Å²) in [6.45, 7) is 1.95. The molecule has 7 nitrogen and oxygen atoms in total. The summed E-state index contributed by atoms with van der Waals surface area (Å²) in [5, 5.41) is 6.45. The summed E-state index contributed by atoms with van der Waals surface area (Å²) < 4.78 is 5.76. The average Bonchev–Trinajstić information content (AvgIpc) is 3.13. The number of rotatable bonds is 7. The van der Waals surface area contributed by atoms with Gasteiger partial charge in [0.1, 0.15) is 17.6 Å². The summed E-state index contributed by atoms with van der Waals surface area (Å²) in [6, 6.07) is 15.7. The molecular weight excluding hydrogens is 364 g/mol. The zero-order valence-corrected chi connectivity index (χ0v) is 15.4. The molecule has 2 aromatic heterocycles. The van der Waals surface area contributed by atoms with Crippen molar-refractivity contribution in [3.63, 3.8) is 0 Å². The van der Waals surface area contributed by atoms with Crippen LogP contribution in [-0.4, -0.2) is 10.9 Å². The number of carbonyl (C=O) groups is 1. The van der Waals surface area contributed by atoms with E-state index in [1.165, 1.54) is 11.3 Å². The average molecular weight is 382 g/mol. The van der Waals surface area contributed by atoms with Crippen molar-refractivity contribution in [2.75, 3.05) is 5.73 Å². The van der Waals surface area contributed by atoms with Crippen LogP contribution in [0.1, 0.15) is 33.9 Å². The first-order chi connectivity index (χ1) is 13.1. The summed E-state index contributed by atoms with van der Waals surface area (Å²) in [7, 11) is 0. The standard InChI is InChI=1S/C19H18N4O3S/c1-12(23-25)16-9-8-15(18(20)22-16)19(24)21-11-14-7-10-17(27-14)26-13-5-3-2-4-6-13/h2-10,12H,11H2,1H3,(H2,20,22)(H,21,24). The van der Waals surface area contributed by atoms with Gasteiger partial charge in [-0.1, -0.05) is 23.4 Å². The molecule has 3 aromatic rings. The molecule has 3 N–H and O–H groups in total. The van der Waals surface area contributed by atoms with Crippen LogP contribution in [0.2, 0.25) is 0 Å². The van der Waals surface area contributed by atoms with Crippen LogP contribution >= 0.6 is 11.3 Å². The molecule has 0 saturated carbocycles. The van der Waals surface area contributed by atoms with E-state index in [4.69, 9.17) is 10.5 Å². The number of nitrogen functional groups attached to an aromatic ring is 1. The number of thiophene rings is 1. The number of nitroso groups, excluding NO2 is 1. The number of anilines is 1. The van der Waals surface area contributed by atoms with E-state index < -0.39 is 6.04 Å². The molecule has 0 aliphatic carbocycles. The number of pyridine rings is 1. The summed E-state index contributed by atoms with van der Waals surface area (Å²) in [5.41, 5.74) is 6.53. The molecule has 1 atom stereocenters. The fraction of sp³-hybridized carbons (Fsp3) is 0.158. The highest BCUT2D eigenvalue weighted by Gasteiger charge is 2.14. The van der Waals surface area contributed by atoms with Gasteiger partial charge in [-0.3, -0.25) is 4.79 Å². The first-order valence-electron chi connectivity index (χ1n) is 8.25. The molecule has 0 bridgehead atoms. The van der Waals surface area contributed by atoms with Crippen LogP contribution in [0, 0.1) is 4.91 Å². The van der Waals surface area contributed by atoms with Crippen molar-refractivity contribution in [1.29, 1.82) is 0 Å². The molecule has 27 heavy (non-hydrogen) atoms. The maximum Gasteiger partial charge on any atom is 0.255 e. The molecule has 0 aliphatic rings. The molecule has 1 unspecified atom stereocenters. The van der Waals surface area contributed by atoms with Gasteiger partial charge in [-0.25, -0.2) is 4.98 Å². The fourth-order valence-electron chi connectivity index (χ4n) is 2.34. The van der Waals surface area contributed by atoms with E-state index in [0.29, 0.717) is 12.2 Å². The lowest BCUT2D eigenvalue weighted by atomic mass is 10.1. The molecule has 0 saturated heterocycles.